The van der Waals surface area contributed by atoms with Gasteiger partial charge in [-0.2, -0.15) is 0 Å². The zero-order valence-electron chi connectivity index (χ0n) is 11.3. The van der Waals surface area contributed by atoms with Crippen LogP contribution in [0.25, 0.3) is 10.9 Å². The SMILES string of the molecule is CCc1cccc(C(=O)c2ccc3ccccc3n2)c1. The second-order valence-corrected chi connectivity index (χ2v) is 4.77. The predicted molar refractivity (Wildman–Crippen MR) is 81.0 cm³/mol. The number of ketones is 1. The Morgan fingerprint density at radius 2 is 1.85 bits per heavy atom. The Morgan fingerprint density at radius 3 is 2.70 bits per heavy atom. The molecule has 0 atom stereocenters. The summed E-state index contributed by atoms with van der Waals surface area (Å²) >= 11 is 0. The lowest BCUT2D eigenvalue weighted by atomic mass is 10.0. The Morgan fingerprint density at radius 1 is 1.00 bits per heavy atom. The third-order valence-electron chi connectivity index (χ3n) is 3.43. The van der Waals surface area contributed by atoms with Gasteiger partial charge < -0.3 is 0 Å². The molecule has 0 unspecified atom stereocenters. The van der Waals surface area contributed by atoms with Crippen LogP contribution in [0.15, 0.2) is 60.7 Å². The molecule has 1 aromatic heterocycles. The van der Waals surface area contributed by atoms with Gasteiger partial charge in [0.05, 0.1) is 5.52 Å². The van der Waals surface area contributed by atoms with Crippen molar-refractivity contribution in [2.75, 3.05) is 0 Å². The fourth-order valence-corrected chi connectivity index (χ4v) is 2.27. The number of pyridine rings is 1. The second kappa shape index (κ2) is 5.25. The minimum absolute atomic E-state index is 0.0222. The van der Waals surface area contributed by atoms with Crippen molar-refractivity contribution >= 4 is 16.7 Å². The van der Waals surface area contributed by atoms with Crippen LogP contribution < -0.4 is 0 Å². The molecule has 0 saturated heterocycles. The smallest absolute Gasteiger partial charge is 0.211 e. The lowest BCUT2D eigenvalue weighted by Gasteiger charge is -2.04. The maximum atomic E-state index is 12.5. The number of rotatable bonds is 3. The van der Waals surface area contributed by atoms with Crippen molar-refractivity contribution < 1.29 is 4.79 Å². The number of hydrogen-bond acceptors (Lipinski definition) is 2. The first-order valence-electron chi connectivity index (χ1n) is 6.77. The van der Waals surface area contributed by atoms with Gasteiger partial charge in [-0.3, -0.25) is 4.79 Å². The number of carbonyl (C=O) groups is 1. The lowest BCUT2D eigenvalue weighted by Crippen LogP contribution is -2.04. The molecule has 0 aliphatic rings. The summed E-state index contributed by atoms with van der Waals surface area (Å²) in [5.41, 5.74) is 3.21. The summed E-state index contributed by atoms with van der Waals surface area (Å²) < 4.78 is 0. The van der Waals surface area contributed by atoms with Crippen LogP contribution in [0, 0.1) is 0 Å². The summed E-state index contributed by atoms with van der Waals surface area (Å²) in [6.45, 7) is 2.08. The third kappa shape index (κ3) is 2.32. The average molecular weight is 261 g/mol. The summed E-state index contributed by atoms with van der Waals surface area (Å²) in [4.78, 5) is 17.0. The Balaban J connectivity index is 2.03. The maximum absolute atomic E-state index is 12.5. The minimum Gasteiger partial charge on any atom is -0.287 e. The molecule has 0 fully saturated rings. The Bertz CT molecular complexity index is 777. The van der Waals surface area contributed by atoms with E-state index in [2.05, 4.69) is 11.9 Å². The number of nitrogens with zero attached hydrogens (tertiary/aromatic N) is 1. The Hall–Kier alpha value is -2.48. The van der Waals surface area contributed by atoms with Crippen LogP contribution in [-0.4, -0.2) is 10.8 Å². The van der Waals surface area contributed by atoms with Gasteiger partial charge in [0.15, 0.2) is 0 Å². The van der Waals surface area contributed by atoms with Gasteiger partial charge in [0.1, 0.15) is 5.69 Å². The number of para-hydroxylation sites is 1. The molecule has 1 heterocycles. The van der Waals surface area contributed by atoms with Crippen molar-refractivity contribution in [2.45, 2.75) is 13.3 Å². The van der Waals surface area contributed by atoms with Gasteiger partial charge in [-0.25, -0.2) is 4.98 Å². The molecule has 3 aromatic rings. The zero-order chi connectivity index (χ0) is 13.9. The molecule has 0 bridgehead atoms. The van der Waals surface area contributed by atoms with Crippen LogP contribution in [0.2, 0.25) is 0 Å². The number of carbonyl (C=O) groups excluding carboxylic acids is 1. The summed E-state index contributed by atoms with van der Waals surface area (Å²) in [7, 11) is 0. The van der Waals surface area contributed by atoms with Crippen LogP contribution in [0.1, 0.15) is 28.5 Å². The van der Waals surface area contributed by atoms with E-state index in [-0.39, 0.29) is 5.78 Å². The summed E-state index contributed by atoms with van der Waals surface area (Å²) in [6, 6.07) is 19.3. The molecule has 0 aliphatic heterocycles. The lowest BCUT2D eigenvalue weighted by molar-refractivity contribution is 0.103. The molecule has 2 nitrogen and oxygen atoms in total. The van der Waals surface area contributed by atoms with E-state index in [0.717, 1.165) is 22.9 Å². The molecule has 0 spiro atoms. The van der Waals surface area contributed by atoms with E-state index in [0.29, 0.717) is 11.3 Å². The first-order chi connectivity index (χ1) is 9.78. The highest BCUT2D eigenvalue weighted by Crippen LogP contribution is 2.15. The molecule has 0 aliphatic carbocycles. The molecule has 2 heteroatoms. The molecule has 0 amide bonds. The highest BCUT2D eigenvalue weighted by molar-refractivity contribution is 6.08. The summed E-state index contributed by atoms with van der Waals surface area (Å²) in [5, 5.41) is 1.05. The van der Waals surface area contributed by atoms with Crippen molar-refractivity contribution in [3.05, 3.63) is 77.5 Å². The third-order valence-corrected chi connectivity index (χ3v) is 3.43. The van der Waals surface area contributed by atoms with Gasteiger partial charge in [-0.15, -0.1) is 0 Å². The zero-order valence-corrected chi connectivity index (χ0v) is 11.3. The van der Waals surface area contributed by atoms with E-state index in [1.54, 1.807) is 6.07 Å². The van der Waals surface area contributed by atoms with Crippen LogP contribution in [0.5, 0.6) is 0 Å². The molecule has 2 aromatic carbocycles. The summed E-state index contributed by atoms with van der Waals surface area (Å²) in [5.74, 6) is -0.0222. The van der Waals surface area contributed by atoms with Gasteiger partial charge in [0.2, 0.25) is 5.78 Å². The summed E-state index contributed by atoms with van der Waals surface area (Å²) in [6.07, 6.45) is 0.923. The fraction of sp³-hybridized carbons (Fsp3) is 0.111. The Labute approximate surface area is 118 Å². The van der Waals surface area contributed by atoms with Crippen molar-refractivity contribution in [3.8, 4) is 0 Å². The predicted octanol–water partition coefficient (Wildman–Crippen LogP) is 4.03. The standard InChI is InChI=1S/C18H15NO/c1-2-13-6-5-8-15(12-13)18(20)17-11-10-14-7-3-4-9-16(14)19-17/h3-12H,2H2,1H3. The largest absolute Gasteiger partial charge is 0.287 e. The quantitative estimate of drug-likeness (QED) is 0.666. The van der Waals surface area contributed by atoms with Gasteiger partial charge >= 0.3 is 0 Å². The van der Waals surface area contributed by atoms with E-state index in [9.17, 15) is 4.79 Å². The molecule has 0 radical (unpaired) electrons. The second-order valence-electron chi connectivity index (χ2n) is 4.77. The number of aromatic nitrogens is 1. The van der Waals surface area contributed by atoms with Gasteiger partial charge in [-0.1, -0.05) is 49.4 Å². The molecule has 20 heavy (non-hydrogen) atoms. The molecule has 98 valence electrons. The van der Waals surface area contributed by atoms with Gasteiger partial charge in [0, 0.05) is 10.9 Å². The first-order valence-corrected chi connectivity index (χ1v) is 6.77. The van der Waals surface area contributed by atoms with Crippen molar-refractivity contribution in [1.29, 1.82) is 0 Å². The number of hydrogen-bond donors (Lipinski definition) is 0. The van der Waals surface area contributed by atoms with Crippen molar-refractivity contribution in [2.24, 2.45) is 0 Å². The van der Waals surface area contributed by atoms with Crippen LogP contribution in [-0.2, 0) is 6.42 Å². The first kappa shape index (κ1) is 12.5. The fourth-order valence-electron chi connectivity index (χ4n) is 2.27. The number of benzene rings is 2. The van der Waals surface area contributed by atoms with E-state index in [1.165, 1.54) is 0 Å². The normalized spacial score (nSPS) is 10.7. The molecular weight excluding hydrogens is 246 g/mol. The number of aryl methyl sites for hydroxylation is 1. The van der Waals surface area contributed by atoms with Crippen molar-refractivity contribution in [3.63, 3.8) is 0 Å². The molecular formula is C18H15NO. The molecule has 3 rings (SSSR count). The van der Waals surface area contributed by atoms with E-state index in [4.69, 9.17) is 0 Å². The van der Waals surface area contributed by atoms with E-state index < -0.39 is 0 Å². The van der Waals surface area contributed by atoms with Crippen molar-refractivity contribution in [1.82, 2.24) is 4.98 Å². The molecule has 0 N–H and O–H groups in total. The molecule has 0 saturated carbocycles. The van der Waals surface area contributed by atoms with E-state index >= 15 is 0 Å². The van der Waals surface area contributed by atoms with E-state index in [1.807, 2.05) is 54.6 Å². The van der Waals surface area contributed by atoms with Crippen LogP contribution in [0.4, 0.5) is 0 Å². The Kier molecular flexibility index (Phi) is 3.30. The van der Waals surface area contributed by atoms with Gasteiger partial charge in [0.25, 0.3) is 0 Å². The maximum Gasteiger partial charge on any atom is 0.211 e. The highest BCUT2D eigenvalue weighted by Gasteiger charge is 2.11. The highest BCUT2D eigenvalue weighted by atomic mass is 16.1. The topological polar surface area (TPSA) is 30.0 Å². The van der Waals surface area contributed by atoms with Crippen LogP contribution >= 0.6 is 0 Å². The monoisotopic (exact) mass is 261 g/mol. The average Bonchev–Trinajstić information content (AvgIpc) is 2.53. The van der Waals surface area contributed by atoms with Crippen LogP contribution in [0.3, 0.4) is 0 Å². The van der Waals surface area contributed by atoms with Gasteiger partial charge in [-0.05, 0) is 30.2 Å². The number of fused-ring (bicyclic) bond motifs is 1. The minimum atomic E-state index is -0.0222.